The van der Waals surface area contributed by atoms with Crippen LogP contribution in [0.15, 0.2) is 0 Å². The summed E-state index contributed by atoms with van der Waals surface area (Å²) >= 11 is 0. The summed E-state index contributed by atoms with van der Waals surface area (Å²) in [6.45, 7) is 4.87. The molecule has 0 radical (unpaired) electrons. The number of carbonyl (C=O) groups is 1. The van der Waals surface area contributed by atoms with E-state index < -0.39 is 0 Å². The molecular weight excluding hydrogens is 178 g/mol. The minimum absolute atomic E-state index is 0.0223. The first-order valence-electron chi connectivity index (χ1n) is 4.87. The fourth-order valence-corrected chi connectivity index (χ4v) is 1.59. The molecule has 0 aliphatic carbocycles. The van der Waals surface area contributed by atoms with Gasteiger partial charge in [0.15, 0.2) is 0 Å². The predicted molar refractivity (Wildman–Crippen MR) is 53.5 cm³/mol. The molecule has 4 nitrogen and oxygen atoms in total. The Morgan fingerprint density at radius 3 is 2.93 bits per heavy atom. The maximum absolute atomic E-state index is 11.9. The summed E-state index contributed by atoms with van der Waals surface area (Å²) in [5.41, 5.74) is -0.117. The van der Waals surface area contributed by atoms with Crippen LogP contribution in [0.1, 0.15) is 26.7 Å². The third-order valence-electron chi connectivity index (χ3n) is 2.96. The van der Waals surface area contributed by atoms with E-state index in [1.807, 2.05) is 19.9 Å². The second kappa shape index (κ2) is 3.97. The molecule has 4 heteroatoms. The maximum Gasteiger partial charge on any atom is 0.240 e. The lowest BCUT2D eigenvalue weighted by atomic mass is 9.99. The lowest BCUT2D eigenvalue weighted by Crippen LogP contribution is -2.48. The minimum atomic E-state index is -0.327. The monoisotopic (exact) mass is 195 g/mol. The van der Waals surface area contributed by atoms with Crippen molar-refractivity contribution in [2.75, 3.05) is 13.6 Å². The van der Waals surface area contributed by atoms with E-state index >= 15 is 0 Å². The highest BCUT2D eigenvalue weighted by atomic mass is 16.2. The Kier molecular flexibility index (Phi) is 3.12. The van der Waals surface area contributed by atoms with Gasteiger partial charge in [-0.05, 0) is 26.8 Å². The van der Waals surface area contributed by atoms with E-state index in [0.717, 1.165) is 13.0 Å². The summed E-state index contributed by atoms with van der Waals surface area (Å²) in [6.07, 6.45) is 1.16. The van der Waals surface area contributed by atoms with Gasteiger partial charge in [-0.15, -0.1) is 0 Å². The third-order valence-corrected chi connectivity index (χ3v) is 2.96. The molecule has 1 N–H and O–H groups in total. The molecule has 0 aromatic heterocycles. The van der Waals surface area contributed by atoms with Gasteiger partial charge in [0.25, 0.3) is 0 Å². The van der Waals surface area contributed by atoms with E-state index in [0.29, 0.717) is 0 Å². The number of amides is 1. The van der Waals surface area contributed by atoms with Gasteiger partial charge in [0.2, 0.25) is 5.91 Å². The number of likely N-dealkylation sites (N-methyl/N-ethyl adjacent to an activating group) is 1. The van der Waals surface area contributed by atoms with Crippen molar-refractivity contribution in [2.45, 2.75) is 38.3 Å². The molecule has 1 fully saturated rings. The summed E-state index contributed by atoms with van der Waals surface area (Å²) in [7, 11) is 1.81. The van der Waals surface area contributed by atoms with Crippen molar-refractivity contribution in [3.05, 3.63) is 0 Å². The summed E-state index contributed by atoms with van der Waals surface area (Å²) in [5, 5.41) is 11.7. The Labute approximate surface area is 84.9 Å². The van der Waals surface area contributed by atoms with Gasteiger partial charge in [-0.2, -0.15) is 5.26 Å². The maximum atomic E-state index is 11.9. The Bertz CT molecular complexity index is 267. The van der Waals surface area contributed by atoms with Gasteiger partial charge < -0.3 is 10.2 Å². The first-order chi connectivity index (χ1) is 6.49. The zero-order chi connectivity index (χ0) is 10.8. The number of hydrogen-bond donors (Lipinski definition) is 1. The molecule has 1 saturated heterocycles. The predicted octanol–water partition coefficient (Wildman–Crippen LogP) is 0.499. The number of nitrogens with one attached hydrogen (secondary N) is 1. The Balaban J connectivity index is 2.80. The molecule has 0 spiro atoms. The van der Waals surface area contributed by atoms with Crippen molar-refractivity contribution in [3.63, 3.8) is 0 Å². The van der Waals surface area contributed by atoms with Gasteiger partial charge >= 0.3 is 0 Å². The van der Waals surface area contributed by atoms with Crippen LogP contribution >= 0.6 is 0 Å². The molecular formula is C10H17N3O. The number of rotatable bonds is 1. The molecule has 1 rings (SSSR count). The fraction of sp³-hybridized carbons (Fsp3) is 0.800. The van der Waals surface area contributed by atoms with Crippen LogP contribution in [0, 0.1) is 11.3 Å². The van der Waals surface area contributed by atoms with E-state index in [1.165, 1.54) is 0 Å². The highest BCUT2D eigenvalue weighted by molar-refractivity contribution is 5.82. The van der Waals surface area contributed by atoms with Crippen molar-refractivity contribution in [1.29, 1.82) is 5.26 Å². The zero-order valence-corrected chi connectivity index (χ0v) is 9.00. The summed E-state index contributed by atoms with van der Waals surface area (Å²) < 4.78 is 0. The van der Waals surface area contributed by atoms with Crippen LogP contribution in [0.2, 0.25) is 0 Å². The highest BCUT2D eigenvalue weighted by Crippen LogP contribution is 2.20. The first kappa shape index (κ1) is 11.0. The molecule has 78 valence electrons. The second-order valence-electron chi connectivity index (χ2n) is 4.33. The molecule has 0 saturated carbocycles. The van der Waals surface area contributed by atoms with E-state index in [2.05, 4.69) is 5.32 Å². The average molecular weight is 195 g/mol. The molecule has 14 heavy (non-hydrogen) atoms. The Morgan fingerprint density at radius 2 is 2.36 bits per heavy atom. The standard InChI is InChI=1S/C10H17N3O/c1-10(2)5-7-12-8(4-6-11)9(14)13(10)3/h8,12H,4-5,7H2,1-3H3. The van der Waals surface area contributed by atoms with E-state index in [9.17, 15) is 4.79 Å². The van der Waals surface area contributed by atoms with Crippen LogP contribution in [0.3, 0.4) is 0 Å². The minimum Gasteiger partial charge on any atom is -0.339 e. The number of hydrogen-bond acceptors (Lipinski definition) is 3. The second-order valence-corrected chi connectivity index (χ2v) is 4.33. The molecule has 0 bridgehead atoms. The van der Waals surface area contributed by atoms with Crippen molar-refractivity contribution < 1.29 is 4.79 Å². The summed E-state index contributed by atoms with van der Waals surface area (Å²) in [6, 6.07) is 1.71. The summed E-state index contributed by atoms with van der Waals surface area (Å²) in [4.78, 5) is 13.6. The van der Waals surface area contributed by atoms with Crippen LogP contribution in [-0.4, -0.2) is 36.0 Å². The topological polar surface area (TPSA) is 56.1 Å². The third kappa shape index (κ3) is 2.05. The lowest BCUT2D eigenvalue weighted by Gasteiger charge is -2.34. The Hall–Kier alpha value is -1.08. The normalized spacial score (nSPS) is 26.9. The van der Waals surface area contributed by atoms with Gasteiger partial charge in [0.05, 0.1) is 18.5 Å². The average Bonchev–Trinajstić information content (AvgIpc) is 2.21. The number of nitriles is 1. The van der Waals surface area contributed by atoms with Crippen molar-refractivity contribution in [1.82, 2.24) is 10.2 Å². The molecule has 1 heterocycles. The molecule has 1 unspecified atom stereocenters. The fourth-order valence-electron chi connectivity index (χ4n) is 1.59. The van der Waals surface area contributed by atoms with Gasteiger partial charge in [-0.1, -0.05) is 0 Å². The van der Waals surface area contributed by atoms with Crippen LogP contribution in [0.25, 0.3) is 0 Å². The molecule has 0 aromatic rings. The van der Waals surface area contributed by atoms with E-state index in [1.54, 1.807) is 11.9 Å². The largest absolute Gasteiger partial charge is 0.339 e. The van der Waals surface area contributed by atoms with Crippen molar-refractivity contribution in [3.8, 4) is 6.07 Å². The van der Waals surface area contributed by atoms with Crippen LogP contribution in [0.5, 0.6) is 0 Å². The summed E-state index contributed by atoms with van der Waals surface area (Å²) in [5.74, 6) is 0.0223. The van der Waals surface area contributed by atoms with E-state index in [-0.39, 0.29) is 23.9 Å². The molecule has 1 aliphatic heterocycles. The quantitative estimate of drug-likeness (QED) is 0.663. The van der Waals surface area contributed by atoms with Gasteiger partial charge in [-0.25, -0.2) is 0 Å². The van der Waals surface area contributed by atoms with Crippen LogP contribution < -0.4 is 5.32 Å². The number of carbonyl (C=O) groups excluding carboxylic acids is 1. The number of nitrogens with zero attached hydrogens (tertiary/aromatic N) is 2. The molecule has 1 amide bonds. The van der Waals surface area contributed by atoms with Gasteiger partial charge in [-0.3, -0.25) is 4.79 Å². The van der Waals surface area contributed by atoms with Crippen molar-refractivity contribution >= 4 is 5.91 Å². The van der Waals surface area contributed by atoms with Gasteiger partial charge in [0.1, 0.15) is 0 Å². The smallest absolute Gasteiger partial charge is 0.240 e. The molecule has 0 aromatic carbocycles. The highest BCUT2D eigenvalue weighted by Gasteiger charge is 2.34. The van der Waals surface area contributed by atoms with Crippen molar-refractivity contribution in [2.24, 2.45) is 0 Å². The lowest BCUT2D eigenvalue weighted by molar-refractivity contribution is -0.135. The molecule has 1 atom stereocenters. The molecule has 1 aliphatic rings. The Morgan fingerprint density at radius 1 is 1.71 bits per heavy atom. The van der Waals surface area contributed by atoms with Gasteiger partial charge in [0, 0.05) is 12.6 Å². The van der Waals surface area contributed by atoms with E-state index in [4.69, 9.17) is 5.26 Å². The first-order valence-corrected chi connectivity index (χ1v) is 4.87. The van der Waals surface area contributed by atoms with Crippen LogP contribution in [-0.2, 0) is 4.79 Å². The zero-order valence-electron chi connectivity index (χ0n) is 9.00. The van der Waals surface area contributed by atoms with Crippen LogP contribution in [0.4, 0.5) is 0 Å². The SMILES string of the molecule is CN1C(=O)C(CC#N)NCCC1(C)C.